The molecule has 5 aromatic rings. The number of carbonyl (C=O) groups is 1. The van der Waals surface area contributed by atoms with Crippen molar-refractivity contribution in [3.8, 4) is 5.88 Å². The van der Waals surface area contributed by atoms with E-state index >= 15 is 0 Å². The summed E-state index contributed by atoms with van der Waals surface area (Å²) in [6.45, 7) is 0.666. The molecule has 0 radical (unpaired) electrons. The maximum Gasteiger partial charge on any atom is 0.328 e. The first-order chi connectivity index (χ1) is 17.9. The predicted octanol–water partition coefficient (Wildman–Crippen LogP) is 4.41. The van der Waals surface area contributed by atoms with Gasteiger partial charge in [-0.1, -0.05) is 29.8 Å². The monoisotopic (exact) mass is 515 g/mol. The minimum absolute atomic E-state index is 0.112. The Bertz CT molecular complexity index is 1630. The van der Waals surface area contributed by atoms with Gasteiger partial charge in [0.1, 0.15) is 0 Å². The van der Waals surface area contributed by atoms with E-state index in [1.807, 2.05) is 18.3 Å². The first kappa shape index (κ1) is 24.4. The van der Waals surface area contributed by atoms with Crippen LogP contribution in [-0.4, -0.2) is 32.1 Å². The van der Waals surface area contributed by atoms with Crippen LogP contribution < -0.4 is 16.7 Å². The van der Waals surface area contributed by atoms with Crippen molar-refractivity contribution in [2.75, 3.05) is 11.9 Å². The number of aromatic nitrogens is 3. The first-order valence-corrected chi connectivity index (χ1v) is 12.2. The Morgan fingerprint density at radius 3 is 2.65 bits per heavy atom. The highest BCUT2D eigenvalue weighted by atomic mass is 35.5. The molecule has 9 heteroatoms. The Hall–Kier alpha value is -4.27. The largest absolute Gasteiger partial charge is 0.493 e. The highest BCUT2D eigenvalue weighted by molar-refractivity contribution is 6.30. The first-order valence-electron chi connectivity index (χ1n) is 11.9. The standard InChI is InChI=1S/C28H26ClN5O3/c29-21-5-7-22(8-6-21)32-26(35)19-3-1-2-18(12-19)16-34-27(36)25(33-28(34)37)14-17-4-9-24-23(13-17)20(10-11-30)15-31-24/h1-9,12-13,15,31,36H,10-11,14,16,30H2,(H,32,35)(H,33,37). The van der Waals surface area contributed by atoms with Gasteiger partial charge in [0.05, 0.1) is 12.2 Å². The third kappa shape index (κ3) is 5.30. The summed E-state index contributed by atoms with van der Waals surface area (Å²) in [5, 5.41) is 15.3. The highest BCUT2D eigenvalue weighted by Gasteiger charge is 2.16. The number of halogens is 1. The number of H-pyrrole nitrogens is 2. The lowest BCUT2D eigenvalue weighted by Crippen LogP contribution is -2.18. The molecule has 2 aromatic heterocycles. The number of hydrogen-bond donors (Lipinski definition) is 5. The molecule has 0 saturated carbocycles. The average Bonchev–Trinajstić information content (AvgIpc) is 3.41. The van der Waals surface area contributed by atoms with E-state index in [4.69, 9.17) is 17.3 Å². The quantitative estimate of drug-likeness (QED) is 0.209. The maximum absolute atomic E-state index is 12.7. The lowest BCUT2D eigenvalue weighted by Gasteiger charge is -2.08. The van der Waals surface area contributed by atoms with Crippen molar-refractivity contribution in [2.45, 2.75) is 19.4 Å². The van der Waals surface area contributed by atoms with Gasteiger partial charge in [0.2, 0.25) is 5.88 Å². The molecule has 0 aliphatic rings. The molecule has 37 heavy (non-hydrogen) atoms. The number of benzene rings is 3. The number of fused-ring (bicyclic) bond motifs is 1. The molecule has 188 valence electrons. The number of nitrogens with one attached hydrogen (secondary N) is 3. The molecule has 8 nitrogen and oxygen atoms in total. The lowest BCUT2D eigenvalue weighted by molar-refractivity contribution is 0.102. The normalized spacial score (nSPS) is 11.2. The number of aromatic amines is 2. The number of amides is 1. The number of nitrogens with two attached hydrogens (primary N) is 1. The molecule has 0 fully saturated rings. The van der Waals surface area contributed by atoms with Gasteiger partial charge < -0.3 is 26.1 Å². The number of aromatic hydroxyl groups is 1. The molecule has 0 bridgehead atoms. The van der Waals surface area contributed by atoms with E-state index in [1.165, 1.54) is 4.57 Å². The summed E-state index contributed by atoms with van der Waals surface area (Å²) in [6.07, 6.45) is 3.08. The summed E-state index contributed by atoms with van der Waals surface area (Å²) in [5.74, 6) is -0.415. The SMILES string of the molecule is NCCc1c[nH]c2ccc(Cc3[nH]c(=O)n(Cc4cccc(C(=O)Nc5ccc(Cl)cc5)c4)c3O)cc12. The molecule has 0 unspecified atom stereocenters. The van der Waals surface area contributed by atoms with Crippen LogP contribution in [0.4, 0.5) is 5.69 Å². The molecule has 1 amide bonds. The summed E-state index contributed by atoms with van der Waals surface area (Å²) in [6, 6.07) is 19.8. The van der Waals surface area contributed by atoms with Crippen molar-refractivity contribution in [2.24, 2.45) is 5.73 Å². The van der Waals surface area contributed by atoms with E-state index in [9.17, 15) is 14.7 Å². The maximum atomic E-state index is 12.7. The lowest BCUT2D eigenvalue weighted by atomic mass is 10.0. The fourth-order valence-electron chi connectivity index (χ4n) is 4.41. The highest BCUT2D eigenvalue weighted by Crippen LogP contribution is 2.24. The van der Waals surface area contributed by atoms with Crippen LogP contribution in [0.25, 0.3) is 10.9 Å². The number of nitrogens with zero attached hydrogens (tertiary/aromatic N) is 1. The van der Waals surface area contributed by atoms with Crippen molar-refractivity contribution in [3.63, 3.8) is 0 Å². The van der Waals surface area contributed by atoms with E-state index in [2.05, 4.69) is 21.4 Å². The number of hydrogen-bond acceptors (Lipinski definition) is 4. The van der Waals surface area contributed by atoms with Crippen LogP contribution in [0, 0.1) is 0 Å². The minimum atomic E-state index is -0.421. The zero-order valence-electron chi connectivity index (χ0n) is 19.9. The molecular formula is C28H26ClN5O3. The third-order valence-electron chi connectivity index (χ3n) is 6.29. The van der Waals surface area contributed by atoms with Crippen LogP contribution in [0.1, 0.15) is 32.7 Å². The van der Waals surface area contributed by atoms with Crippen molar-refractivity contribution in [1.82, 2.24) is 14.5 Å². The number of imidazole rings is 1. The van der Waals surface area contributed by atoms with Crippen LogP contribution in [-0.2, 0) is 19.4 Å². The number of anilines is 1. The van der Waals surface area contributed by atoms with Crippen LogP contribution in [0.3, 0.4) is 0 Å². The van der Waals surface area contributed by atoms with E-state index in [0.29, 0.717) is 40.5 Å². The van der Waals surface area contributed by atoms with Gasteiger partial charge in [-0.2, -0.15) is 0 Å². The second-order valence-electron chi connectivity index (χ2n) is 8.89. The van der Waals surface area contributed by atoms with Crippen LogP contribution in [0.15, 0.2) is 77.7 Å². The van der Waals surface area contributed by atoms with Crippen molar-refractivity contribution < 1.29 is 9.90 Å². The van der Waals surface area contributed by atoms with Gasteiger partial charge >= 0.3 is 5.69 Å². The molecule has 5 rings (SSSR count). The van der Waals surface area contributed by atoms with Gasteiger partial charge in [0, 0.05) is 39.8 Å². The van der Waals surface area contributed by atoms with Gasteiger partial charge in [-0.25, -0.2) is 4.79 Å². The summed E-state index contributed by atoms with van der Waals surface area (Å²) in [7, 11) is 0. The number of carbonyl (C=O) groups excluding carboxylic acids is 1. The summed E-state index contributed by atoms with van der Waals surface area (Å²) < 4.78 is 1.26. The molecule has 3 aromatic carbocycles. The Balaban J connectivity index is 1.34. The zero-order chi connectivity index (χ0) is 25.9. The van der Waals surface area contributed by atoms with Crippen LogP contribution >= 0.6 is 11.6 Å². The van der Waals surface area contributed by atoms with Crippen molar-refractivity contribution in [1.29, 1.82) is 0 Å². The fraction of sp³-hybridized carbons (Fsp3) is 0.143. The van der Waals surface area contributed by atoms with Crippen molar-refractivity contribution >= 4 is 34.1 Å². The van der Waals surface area contributed by atoms with E-state index in [1.54, 1.807) is 48.5 Å². The van der Waals surface area contributed by atoms with Gasteiger partial charge in [-0.3, -0.25) is 9.36 Å². The Labute approximate surface area is 217 Å². The average molecular weight is 516 g/mol. The Morgan fingerprint density at radius 1 is 1.05 bits per heavy atom. The topological polar surface area (TPSA) is 129 Å². The van der Waals surface area contributed by atoms with Gasteiger partial charge in [-0.05, 0) is 78.2 Å². The van der Waals surface area contributed by atoms with Crippen LogP contribution in [0.5, 0.6) is 5.88 Å². The number of rotatable bonds is 8. The molecule has 0 saturated heterocycles. The molecular weight excluding hydrogens is 490 g/mol. The molecule has 0 aliphatic heterocycles. The van der Waals surface area contributed by atoms with E-state index < -0.39 is 5.69 Å². The van der Waals surface area contributed by atoms with E-state index in [0.717, 1.165) is 28.5 Å². The molecule has 6 N–H and O–H groups in total. The van der Waals surface area contributed by atoms with Gasteiger partial charge in [0.15, 0.2) is 0 Å². The Morgan fingerprint density at radius 2 is 1.86 bits per heavy atom. The van der Waals surface area contributed by atoms with Gasteiger partial charge in [-0.15, -0.1) is 0 Å². The summed E-state index contributed by atoms with van der Waals surface area (Å²) in [4.78, 5) is 31.4. The fourth-order valence-corrected chi connectivity index (χ4v) is 4.54. The molecule has 0 spiro atoms. The summed E-state index contributed by atoms with van der Waals surface area (Å²) >= 11 is 5.90. The third-order valence-corrected chi connectivity index (χ3v) is 6.54. The predicted molar refractivity (Wildman–Crippen MR) is 146 cm³/mol. The zero-order valence-corrected chi connectivity index (χ0v) is 20.7. The second-order valence-corrected chi connectivity index (χ2v) is 9.33. The molecule has 0 aliphatic carbocycles. The smallest absolute Gasteiger partial charge is 0.328 e. The summed E-state index contributed by atoms with van der Waals surface area (Å²) in [5.41, 5.74) is 10.6. The molecule has 2 heterocycles. The van der Waals surface area contributed by atoms with Crippen molar-refractivity contribution in [3.05, 3.63) is 116 Å². The minimum Gasteiger partial charge on any atom is -0.493 e. The second kappa shape index (κ2) is 10.4. The molecule has 0 atom stereocenters. The van der Waals surface area contributed by atoms with Gasteiger partial charge in [0.25, 0.3) is 5.91 Å². The van der Waals surface area contributed by atoms with E-state index in [-0.39, 0.29) is 18.3 Å². The van der Waals surface area contributed by atoms with Crippen LogP contribution in [0.2, 0.25) is 5.02 Å². The Kier molecular flexibility index (Phi) is 6.85.